The molecule has 134 valence electrons. The number of rotatable bonds is 4. The first-order chi connectivity index (χ1) is 13.1. The number of para-hydroxylation sites is 2. The van der Waals surface area contributed by atoms with Crippen LogP contribution in [0.15, 0.2) is 77.7 Å². The molecule has 0 fully saturated rings. The summed E-state index contributed by atoms with van der Waals surface area (Å²) in [6.07, 6.45) is 1.72. The largest absolute Gasteiger partial charge is 0.329 e. The smallest absolute Gasteiger partial charge is 0.309 e. The highest BCUT2D eigenvalue weighted by Crippen LogP contribution is 2.19. The Morgan fingerprint density at radius 2 is 1.63 bits per heavy atom. The molecule has 1 amide bonds. The van der Waals surface area contributed by atoms with Gasteiger partial charge in [0.1, 0.15) is 12.4 Å². The molecule has 0 spiro atoms. The first-order valence-electron chi connectivity index (χ1n) is 8.59. The van der Waals surface area contributed by atoms with Gasteiger partial charge >= 0.3 is 5.69 Å². The first kappa shape index (κ1) is 16.8. The van der Waals surface area contributed by atoms with Gasteiger partial charge < -0.3 is 5.32 Å². The molecular formula is C21H18N4O2. The van der Waals surface area contributed by atoms with Gasteiger partial charge in [0, 0.05) is 18.8 Å². The third-order valence-corrected chi connectivity index (χ3v) is 4.49. The molecule has 0 unspecified atom stereocenters. The van der Waals surface area contributed by atoms with Crippen molar-refractivity contribution in [2.45, 2.75) is 6.54 Å². The standard InChI is InChI=1S/C21H18N4O2/c1-24-17-9-5-6-10-18(17)25(21(24)27)14-20(26)23-19-12-11-16(13-22-19)15-7-3-2-4-8-15/h2-13H,14H2,1H3,(H,22,23,26). The Bertz CT molecular complexity index is 1160. The van der Waals surface area contributed by atoms with Gasteiger partial charge in [-0.25, -0.2) is 9.78 Å². The Kier molecular flexibility index (Phi) is 4.30. The molecule has 4 rings (SSSR count). The molecule has 4 aromatic rings. The summed E-state index contributed by atoms with van der Waals surface area (Å²) in [5, 5.41) is 2.75. The second kappa shape index (κ2) is 6.92. The third kappa shape index (κ3) is 3.25. The minimum atomic E-state index is -0.298. The molecule has 2 aromatic carbocycles. The highest BCUT2D eigenvalue weighted by atomic mass is 16.2. The zero-order valence-corrected chi connectivity index (χ0v) is 14.8. The number of hydrogen-bond acceptors (Lipinski definition) is 3. The van der Waals surface area contributed by atoms with Crippen molar-refractivity contribution in [3.8, 4) is 11.1 Å². The maximum Gasteiger partial charge on any atom is 0.329 e. The lowest BCUT2D eigenvalue weighted by atomic mass is 10.1. The molecule has 0 radical (unpaired) electrons. The summed E-state index contributed by atoms with van der Waals surface area (Å²) >= 11 is 0. The van der Waals surface area contributed by atoms with Gasteiger partial charge in [0.05, 0.1) is 11.0 Å². The Morgan fingerprint density at radius 3 is 2.33 bits per heavy atom. The predicted octanol–water partition coefficient (Wildman–Crippen LogP) is 3.04. The molecule has 6 heteroatoms. The number of amides is 1. The van der Waals surface area contributed by atoms with Gasteiger partial charge in [-0.3, -0.25) is 13.9 Å². The lowest BCUT2D eigenvalue weighted by Crippen LogP contribution is -2.28. The summed E-state index contributed by atoms with van der Waals surface area (Å²) in [4.78, 5) is 29.1. The number of aromatic nitrogens is 3. The van der Waals surface area contributed by atoms with Crippen molar-refractivity contribution in [3.63, 3.8) is 0 Å². The summed E-state index contributed by atoms with van der Waals surface area (Å²) in [5.74, 6) is 0.154. The summed E-state index contributed by atoms with van der Waals surface area (Å²) in [6, 6.07) is 21.0. The Morgan fingerprint density at radius 1 is 0.926 bits per heavy atom. The second-order valence-corrected chi connectivity index (χ2v) is 6.26. The van der Waals surface area contributed by atoms with Crippen LogP contribution in [0.25, 0.3) is 22.2 Å². The molecule has 27 heavy (non-hydrogen) atoms. The van der Waals surface area contributed by atoms with E-state index in [1.54, 1.807) is 19.3 Å². The van der Waals surface area contributed by atoms with Crippen LogP contribution < -0.4 is 11.0 Å². The molecule has 0 bridgehead atoms. The van der Waals surface area contributed by atoms with Crippen LogP contribution in [0.5, 0.6) is 0 Å². The van der Waals surface area contributed by atoms with Gasteiger partial charge in [0.15, 0.2) is 0 Å². The molecule has 0 atom stereocenters. The molecule has 0 saturated carbocycles. The molecule has 6 nitrogen and oxygen atoms in total. The lowest BCUT2D eigenvalue weighted by Gasteiger charge is -2.07. The average Bonchev–Trinajstić information content (AvgIpc) is 2.94. The highest BCUT2D eigenvalue weighted by Gasteiger charge is 2.13. The molecule has 0 aliphatic carbocycles. The summed E-state index contributed by atoms with van der Waals surface area (Å²) in [7, 11) is 1.70. The van der Waals surface area contributed by atoms with Crippen LogP contribution in [0.1, 0.15) is 0 Å². The summed E-state index contributed by atoms with van der Waals surface area (Å²) < 4.78 is 3.00. The maximum absolute atomic E-state index is 12.4. The van der Waals surface area contributed by atoms with Crippen LogP contribution in [0.3, 0.4) is 0 Å². The van der Waals surface area contributed by atoms with E-state index < -0.39 is 0 Å². The molecule has 2 aromatic heterocycles. The average molecular weight is 358 g/mol. The van der Waals surface area contributed by atoms with Crippen LogP contribution in [0.4, 0.5) is 5.82 Å². The quantitative estimate of drug-likeness (QED) is 0.610. The van der Waals surface area contributed by atoms with E-state index in [2.05, 4.69) is 10.3 Å². The molecular weight excluding hydrogens is 340 g/mol. The molecule has 0 saturated heterocycles. The Balaban J connectivity index is 1.52. The number of carbonyl (C=O) groups is 1. The van der Waals surface area contributed by atoms with E-state index in [1.165, 1.54) is 9.13 Å². The van der Waals surface area contributed by atoms with Gasteiger partial charge in [0.2, 0.25) is 5.91 Å². The van der Waals surface area contributed by atoms with Gasteiger partial charge in [0.25, 0.3) is 0 Å². The number of aryl methyl sites for hydroxylation is 1. The van der Waals surface area contributed by atoms with Crippen molar-refractivity contribution in [3.05, 3.63) is 83.4 Å². The SMILES string of the molecule is Cn1c(=O)n(CC(=O)Nc2ccc(-c3ccccc3)cn2)c2ccccc21. The summed E-state index contributed by atoms with van der Waals surface area (Å²) in [6.45, 7) is -0.0672. The number of nitrogens with one attached hydrogen (secondary N) is 1. The van der Waals surface area contributed by atoms with E-state index in [4.69, 9.17) is 0 Å². The fourth-order valence-electron chi connectivity index (χ4n) is 3.11. The van der Waals surface area contributed by atoms with Crippen molar-refractivity contribution in [1.29, 1.82) is 0 Å². The van der Waals surface area contributed by atoms with Crippen molar-refractivity contribution < 1.29 is 4.79 Å². The van der Waals surface area contributed by atoms with E-state index in [1.807, 2.05) is 60.7 Å². The maximum atomic E-state index is 12.4. The molecule has 1 N–H and O–H groups in total. The third-order valence-electron chi connectivity index (χ3n) is 4.49. The van der Waals surface area contributed by atoms with Crippen LogP contribution in [-0.2, 0) is 18.4 Å². The van der Waals surface area contributed by atoms with Gasteiger partial charge in [-0.15, -0.1) is 0 Å². The minimum absolute atomic E-state index is 0.0672. The molecule has 2 heterocycles. The van der Waals surface area contributed by atoms with E-state index in [-0.39, 0.29) is 18.1 Å². The number of benzene rings is 2. The lowest BCUT2D eigenvalue weighted by molar-refractivity contribution is -0.116. The van der Waals surface area contributed by atoms with E-state index in [0.29, 0.717) is 5.82 Å². The second-order valence-electron chi connectivity index (χ2n) is 6.26. The predicted molar refractivity (Wildman–Crippen MR) is 105 cm³/mol. The monoisotopic (exact) mass is 358 g/mol. The number of nitrogens with zero attached hydrogens (tertiary/aromatic N) is 3. The fourth-order valence-corrected chi connectivity index (χ4v) is 3.11. The van der Waals surface area contributed by atoms with Crippen LogP contribution >= 0.6 is 0 Å². The van der Waals surface area contributed by atoms with Crippen molar-refractivity contribution >= 4 is 22.8 Å². The van der Waals surface area contributed by atoms with Crippen molar-refractivity contribution in [1.82, 2.24) is 14.1 Å². The first-order valence-corrected chi connectivity index (χ1v) is 8.59. The molecule has 0 aliphatic heterocycles. The van der Waals surface area contributed by atoms with Crippen molar-refractivity contribution in [2.24, 2.45) is 7.05 Å². The zero-order chi connectivity index (χ0) is 18.8. The van der Waals surface area contributed by atoms with Crippen LogP contribution in [-0.4, -0.2) is 20.0 Å². The number of pyridine rings is 1. The number of fused-ring (bicyclic) bond motifs is 1. The number of carbonyl (C=O) groups excluding carboxylic acids is 1. The van der Waals surface area contributed by atoms with Crippen LogP contribution in [0, 0.1) is 0 Å². The Labute approximate surface area is 155 Å². The van der Waals surface area contributed by atoms with Gasteiger partial charge in [-0.1, -0.05) is 42.5 Å². The Hall–Kier alpha value is -3.67. The topological polar surface area (TPSA) is 68.9 Å². The zero-order valence-electron chi connectivity index (χ0n) is 14.8. The van der Waals surface area contributed by atoms with E-state index in [0.717, 1.165) is 22.2 Å². The minimum Gasteiger partial charge on any atom is -0.309 e. The van der Waals surface area contributed by atoms with E-state index in [9.17, 15) is 9.59 Å². The van der Waals surface area contributed by atoms with Crippen LogP contribution in [0.2, 0.25) is 0 Å². The van der Waals surface area contributed by atoms with Crippen molar-refractivity contribution in [2.75, 3.05) is 5.32 Å². The van der Waals surface area contributed by atoms with Gasteiger partial charge in [-0.05, 0) is 29.8 Å². The summed E-state index contributed by atoms with van der Waals surface area (Å²) in [5.41, 5.74) is 3.33. The number of hydrogen-bond donors (Lipinski definition) is 1. The van der Waals surface area contributed by atoms with Gasteiger partial charge in [-0.2, -0.15) is 0 Å². The molecule has 0 aliphatic rings. The number of imidazole rings is 1. The normalized spacial score (nSPS) is 10.9. The van der Waals surface area contributed by atoms with E-state index >= 15 is 0 Å². The highest BCUT2D eigenvalue weighted by molar-refractivity contribution is 5.91. The fraction of sp³-hybridized carbons (Fsp3) is 0.0952. The number of anilines is 1.